The Morgan fingerprint density at radius 3 is 1.15 bits per heavy atom. The minimum Gasteiger partial charge on any atom is -0.457 e. The van der Waals surface area contributed by atoms with Crippen molar-refractivity contribution in [2.45, 2.75) is 100 Å². The van der Waals surface area contributed by atoms with E-state index in [4.69, 9.17) is 9.47 Å². The van der Waals surface area contributed by atoms with Crippen LogP contribution in [0, 0.1) is 0 Å². The maximum Gasteiger partial charge on any atom is 0.214 e. The largest absolute Gasteiger partial charge is 0.457 e. The van der Waals surface area contributed by atoms with Gasteiger partial charge in [-0.25, -0.2) is 35.1 Å². The molecule has 12 heteroatoms. The van der Waals surface area contributed by atoms with Gasteiger partial charge in [0.05, 0.1) is 22.6 Å². The first-order valence-electron chi connectivity index (χ1n) is 17.7. The second kappa shape index (κ2) is 16.4. The van der Waals surface area contributed by atoms with Gasteiger partial charge in [0.2, 0.25) is 20.0 Å². The first-order chi connectivity index (χ1) is 24.6. The van der Waals surface area contributed by atoms with Crippen molar-refractivity contribution in [3.8, 4) is 23.0 Å². The molecular formula is C40H48F2N2O6S2. The minimum atomic E-state index is -3.52. The van der Waals surface area contributed by atoms with Crippen molar-refractivity contribution in [2.75, 3.05) is 0 Å². The minimum absolute atomic E-state index is 0.303. The summed E-state index contributed by atoms with van der Waals surface area (Å²) in [6, 6.07) is 30.8. The third kappa shape index (κ3) is 9.38. The first-order valence-corrected chi connectivity index (χ1v) is 20.8. The van der Waals surface area contributed by atoms with E-state index in [1.807, 2.05) is 60.7 Å². The molecule has 280 valence electrons. The maximum absolute atomic E-state index is 15.7. The summed E-state index contributed by atoms with van der Waals surface area (Å²) in [6.07, 6.45) is 2.87. The van der Waals surface area contributed by atoms with Gasteiger partial charge in [-0.05, 0) is 126 Å². The average Bonchev–Trinajstić information content (AvgIpc) is 3.68. The van der Waals surface area contributed by atoms with Crippen LogP contribution in [0.4, 0.5) is 8.78 Å². The van der Waals surface area contributed by atoms with Gasteiger partial charge >= 0.3 is 0 Å². The molecule has 2 aliphatic carbocycles. The summed E-state index contributed by atoms with van der Waals surface area (Å²) in [7, 11) is -7.05. The lowest BCUT2D eigenvalue weighted by Crippen LogP contribution is -2.46. The second-order valence-corrected chi connectivity index (χ2v) is 18.5. The van der Waals surface area contributed by atoms with Crippen molar-refractivity contribution in [1.82, 2.24) is 9.44 Å². The Labute approximate surface area is 307 Å². The van der Waals surface area contributed by atoms with Crippen LogP contribution in [0.1, 0.15) is 77.3 Å². The molecular weight excluding hydrogens is 707 g/mol. The zero-order valence-corrected chi connectivity index (χ0v) is 31.6. The molecule has 2 N–H and O–H groups in total. The number of benzene rings is 4. The molecule has 0 heterocycles. The third-order valence-corrected chi connectivity index (χ3v) is 13.4. The first kappa shape index (κ1) is 39.4. The summed E-state index contributed by atoms with van der Waals surface area (Å²) in [4.78, 5) is 0. The van der Waals surface area contributed by atoms with E-state index in [9.17, 15) is 16.8 Å². The number of sulfonamides is 2. The molecule has 0 saturated heterocycles. The van der Waals surface area contributed by atoms with Gasteiger partial charge in [-0.1, -0.05) is 60.7 Å². The van der Waals surface area contributed by atoms with E-state index in [0.717, 1.165) is 0 Å². The molecule has 4 atom stereocenters. The van der Waals surface area contributed by atoms with Gasteiger partial charge in [-0.2, -0.15) is 0 Å². The zero-order chi connectivity index (χ0) is 37.6. The quantitative estimate of drug-likeness (QED) is 0.149. The zero-order valence-electron chi connectivity index (χ0n) is 30.0. The van der Waals surface area contributed by atoms with Gasteiger partial charge in [-0.3, -0.25) is 0 Å². The van der Waals surface area contributed by atoms with Crippen molar-refractivity contribution >= 4 is 20.0 Å². The van der Waals surface area contributed by atoms with E-state index in [2.05, 4.69) is 9.44 Å². The van der Waals surface area contributed by atoms with Crippen LogP contribution in [-0.2, 0) is 31.4 Å². The van der Waals surface area contributed by atoms with Gasteiger partial charge in [0, 0.05) is 0 Å². The fourth-order valence-electron chi connectivity index (χ4n) is 6.45. The predicted octanol–water partition coefficient (Wildman–Crippen LogP) is 9.05. The highest BCUT2D eigenvalue weighted by molar-refractivity contribution is 7.90. The van der Waals surface area contributed by atoms with Crippen LogP contribution in [0.25, 0.3) is 0 Å². The molecule has 0 bridgehead atoms. The van der Waals surface area contributed by atoms with Crippen LogP contribution in [0.2, 0.25) is 0 Å². The van der Waals surface area contributed by atoms with Gasteiger partial charge < -0.3 is 9.47 Å². The van der Waals surface area contributed by atoms with Crippen LogP contribution < -0.4 is 18.9 Å². The lowest BCUT2D eigenvalue weighted by molar-refractivity contribution is 0.142. The Morgan fingerprint density at radius 2 is 0.846 bits per heavy atom. The van der Waals surface area contributed by atoms with E-state index < -0.39 is 54.0 Å². The van der Waals surface area contributed by atoms with Gasteiger partial charge in [0.1, 0.15) is 23.0 Å². The summed E-state index contributed by atoms with van der Waals surface area (Å²) in [5.41, 5.74) is -2.45. The predicted molar refractivity (Wildman–Crippen MR) is 201 cm³/mol. The van der Waals surface area contributed by atoms with Crippen LogP contribution in [0.5, 0.6) is 23.0 Å². The van der Waals surface area contributed by atoms with Crippen molar-refractivity contribution in [3.63, 3.8) is 0 Å². The molecule has 6 rings (SSSR count). The van der Waals surface area contributed by atoms with E-state index in [-0.39, 0.29) is 0 Å². The summed E-state index contributed by atoms with van der Waals surface area (Å²) < 4.78 is 96.6. The van der Waals surface area contributed by atoms with Crippen molar-refractivity contribution in [3.05, 3.63) is 120 Å². The second-order valence-electron chi connectivity index (χ2n) is 13.9. The number of rotatable bonds is 12. The van der Waals surface area contributed by atoms with E-state index in [0.29, 0.717) is 72.6 Å². The lowest BCUT2D eigenvalue weighted by atomic mass is 9.91. The standard InChI is InChI=1S/2C20H24FNO3S/c2*1-15(2)26(23,24)22-19-9-6-14-20(19,21)16-10-12-18(13-11-16)25-17-7-4-3-5-8-17/h2*3-5,7-8,10-13,15,19,22H,6,9,14H2,1-2H3/t19-,20+;19-,20-/m00/s1. The fraction of sp³-hybridized carbons (Fsp3) is 0.400. The molecule has 52 heavy (non-hydrogen) atoms. The molecule has 4 aromatic carbocycles. The molecule has 8 nitrogen and oxygen atoms in total. The molecule has 2 aliphatic rings. The van der Waals surface area contributed by atoms with Crippen LogP contribution in [0.15, 0.2) is 109 Å². The van der Waals surface area contributed by atoms with Crippen molar-refractivity contribution < 1.29 is 35.1 Å². The van der Waals surface area contributed by atoms with Gasteiger partial charge in [0.25, 0.3) is 0 Å². The highest BCUT2D eigenvalue weighted by atomic mass is 32.2. The number of nitrogens with one attached hydrogen (secondary N) is 2. The molecule has 0 unspecified atom stereocenters. The number of halogens is 2. The Hall–Kier alpha value is -3.84. The Balaban J connectivity index is 0.000000201. The Morgan fingerprint density at radius 1 is 0.538 bits per heavy atom. The highest BCUT2D eigenvalue weighted by Crippen LogP contribution is 2.45. The smallest absolute Gasteiger partial charge is 0.214 e. The summed E-state index contributed by atoms with van der Waals surface area (Å²) in [5, 5.41) is -1.18. The molecule has 0 aliphatic heterocycles. The Bertz CT molecular complexity index is 1820. The highest BCUT2D eigenvalue weighted by Gasteiger charge is 2.48. The summed E-state index contributed by atoms with van der Waals surface area (Å²) >= 11 is 0. The van der Waals surface area contributed by atoms with Gasteiger partial charge in [0.15, 0.2) is 11.3 Å². The summed E-state index contributed by atoms with van der Waals surface area (Å²) in [5.74, 6) is 2.64. The normalized spacial score (nSPS) is 23.3. The van der Waals surface area contributed by atoms with Gasteiger partial charge in [-0.15, -0.1) is 0 Å². The molecule has 0 radical (unpaired) electrons. The number of para-hydroxylation sites is 2. The van der Waals surface area contributed by atoms with Crippen LogP contribution in [0.3, 0.4) is 0 Å². The topological polar surface area (TPSA) is 111 Å². The third-order valence-electron chi connectivity index (χ3n) is 9.65. The molecule has 0 spiro atoms. The fourth-order valence-corrected chi connectivity index (χ4v) is 8.39. The van der Waals surface area contributed by atoms with E-state index >= 15 is 8.78 Å². The number of ether oxygens (including phenoxy) is 2. The summed E-state index contributed by atoms with van der Waals surface area (Å²) in [6.45, 7) is 6.36. The lowest BCUT2D eigenvalue weighted by Gasteiger charge is -2.29. The monoisotopic (exact) mass is 754 g/mol. The van der Waals surface area contributed by atoms with E-state index in [1.165, 1.54) is 0 Å². The maximum atomic E-state index is 15.7. The number of hydrogen-bond acceptors (Lipinski definition) is 6. The number of hydrogen-bond donors (Lipinski definition) is 2. The SMILES string of the molecule is CC(C)S(=O)(=O)N[C@H]1CCC[C@@]1(F)c1ccc(Oc2ccccc2)cc1.CC(C)S(=O)(=O)N[C@H]1CCC[C@]1(F)c1ccc(Oc2ccccc2)cc1. The van der Waals surface area contributed by atoms with Crippen LogP contribution >= 0.6 is 0 Å². The molecule has 2 fully saturated rings. The molecule has 4 aromatic rings. The van der Waals surface area contributed by atoms with Crippen LogP contribution in [-0.4, -0.2) is 39.4 Å². The van der Waals surface area contributed by atoms with Crippen molar-refractivity contribution in [2.24, 2.45) is 0 Å². The average molecular weight is 755 g/mol. The van der Waals surface area contributed by atoms with Crippen molar-refractivity contribution in [1.29, 1.82) is 0 Å². The Kier molecular flexibility index (Phi) is 12.5. The molecule has 0 aromatic heterocycles. The molecule has 0 amide bonds. The molecule has 2 saturated carbocycles. The van der Waals surface area contributed by atoms with E-state index in [1.54, 1.807) is 76.2 Å². The number of alkyl halides is 2.